The van der Waals surface area contributed by atoms with Crippen LogP contribution in [-0.2, 0) is 17.8 Å². The van der Waals surface area contributed by atoms with Crippen LogP contribution >= 0.6 is 11.6 Å². The van der Waals surface area contributed by atoms with Crippen LogP contribution in [0.2, 0.25) is 5.02 Å². The van der Waals surface area contributed by atoms with Crippen LogP contribution in [0.25, 0.3) is 11.2 Å². The number of hydrogen-bond donors (Lipinski definition) is 1. The predicted molar refractivity (Wildman–Crippen MR) is 127 cm³/mol. The SMILES string of the molecule is CCc1nc2c(C)cc(C)nc2n1Cc1ccc(C(CC(=O)O)c2ccccc2Cl)cc1. The molecule has 0 spiro atoms. The van der Waals surface area contributed by atoms with Crippen LogP contribution in [-0.4, -0.2) is 25.6 Å². The number of hydrogen-bond acceptors (Lipinski definition) is 3. The molecule has 0 aliphatic carbocycles. The Balaban J connectivity index is 1.68. The average Bonchev–Trinajstić information content (AvgIpc) is 3.11. The van der Waals surface area contributed by atoms with Gasteiger partial charge in [0.25, 0.3) is 0 Å². The average molecular weight is 448 g/mol. The molecule has 1 unspecified atom stereocenters. The number of halogens is 1. The Kier molecular flexibility index (Phi) is 6.28. The molecule has 0 amide bonds. The molecule has 0 aliphatic heterocycles. The van der Waals surface area contributed by atoms with Gasteiger partial charge in [-0.25, -0.2) is 9.97 Å². The summed E-state index contributed by atoms with van der Waals surface area (Å²) in [4.78, 5) is 21.1. The van der Waals surface area contributed by atoms with E-state index in [0.29, 0.717) is 11.6 Å². The Labute approximate surface area is 192 Å². The molecule has 1 N–H and O–H groups in total. The van der Waals surface area contributed by atoms with Crippen molar-refractivity contribution in [3.05, 3.63) is 93.4 Å². The lowest BCUT2D eigenvalue weighted by atomic mass is 9.88. The molecule has 4 rings (SSSR count). The van der Waals surface area contributed by atoms with E-state index < -0.39 is 5.97 Å². The molecular formula is C26H26ClN3O2. The second kappa shape index (κ2) is 9.13. The van der Waals surface area contributed by atoms with Gasteiger partial charge in [-0.3, -0.25) is 4.79 Å². The van der Waals surface area contributed by atoms with Crippen molar-refractivity contribution in [3.63, 3.8) is 0 Å². The number of aliphatic carboxylic acids is 1. The molecule has 1 atom stereocenters. The standard InChI is InChI=1S/C26H26ClN3O2/c1-4-23-29-25-16(2)13-17(3)28-26(25)30(23)15-18-9-11-19(12-10-18)21(14-24(31)32)20-7-5-6-8-22(20)27/h5-13,21H,4,14-15H2,1-3H3,(H,31,32). The maximum atomic E-state index is 11.5. The van der Waals surface area contributed by atoms with E-state index in [1.54, 1.807) is 6.07 Å². The Morgan fingerprint density at radius 3 is 2.47 bits per heavy atom. The van der Waals surface area contributed by atoms with Crippen molar-refractivity contribution >= 4 is 28.7 Å². The van der Waals surface area contributed by atoms with E-state index in [1.807, 2.05) is 37.3 Å². The fourth-order valence-electron chi connectivity index (χ4n) is 4.26. The molecule has 6 heteroatoms. The number of aromatic nitrogens is 3. The topological polar surface area (TPSA) is 68.0 Å². The first-order valence-corrected chi connectivity index (χ1v) is 11.1. The van der Waals surface area contributed by atoms with Crippen molar-refractivity contribution in [2.24, 2.45) is 0 Å². The van der Waals surface area contributed by atoms with Gasteiger partial charge < -0.3 is 9.67 Å². The van der Waals surface area contributed by atoms with E-state index in [0.717, 1.165) is 51.4 Å². The zero-order valence-corrected chi connectivity index (χ0v) is 19.2. The van der Waals surface area contributed by atoms with Crippen LogP contribution in [0.3, 0.4) is 0 Å². The van der Waals surface area contributed by atoms with Gasteiger partial charge in [0.05, 0.1) is 13.0 Å². The predicted octanol–water partition coefficient (Wildman–Crippen LogP) is 5.92. The summed E-state index contributed by atoms with van der Waals surface area (Å²) in [6.07, 6.45) is 0.803. The fourth-order valence-corrected chi connectivity index (χ4v) is 4.53. The van der Waals surface area contributed by atoms with Crippen molar-refractivity contribution in [3.8, 4) is 0 Å². The molecule has 164 valence electrons. The van der Waals surface area contributed by atoms with Crippen LogP contribution < -0.4 is 0 Å². The molecule has 4 aromatic rings. The second-order valence-electron chi connectivity index (χ2n) is 8.13. The number of carbonyl (C=O) groups is 1. The van der Waals surface area contributed by atoms with E-state index in [9.17, 15) is 9.90 Å². The smallest absolute Gasteiger partial charge is 0.304 e. The van der Waals surface area contributed by atoms with E-state index >= 15 is 0 Å². The maximum Gasteiger partial charge on any atom is 0.304 e. The molecule has 32 heavy (non-hydrogen) atoms. The third-order valence-electron chi connectivity index (χ3n) is 5.80. The molecule has 2 aromatic heterocycles. The zero-order valence-electron chi connectivity index (χ0n) is 18.5. The molecular weight excluding hydrogens is 422 g/mol. The minimum Gasteiger partial charge on any atom is -0.481 e. The first-order chi connectivity index (χ1) is 15.4. The number of rotatable bonds is 7. The highest BCUT2D eigenvalue weighted by molar-refractivity contribution is 6.31. The number of benzene rings is 2. The first-order valence-electron chi connectivity index (χ1n) is 10.8. The Bertz CT molecular complexity index is 1280. The van der Waals surface area contributed by atoms with Gasteiger partial charge in [-0.05, 0) is 48.2 Å². The minimum absolute atomic E-state index is 0.0162. The molecule has 0 bridgehead atoms. The van der Waals surface area contributed by atoms with Crippen LogP contribution in [0, 0.1) is 13.8 Å². The normalized spacial score (nSPS) is 12.2. The second-order valence-corrected chi connectivity index (χ2v) is 8.54. The van der Waals surface area contributed by atoms with Crippen LogP contribution in [0.5, 0.6) is 0 Å². The number of aryl methyl sites for hydroxylation is 3. The number of carboxylic acid groups (broad SMARTS) is 1. The van der Waals surface area contributed by atoms with Gasteiger partial charge in [0.1, 0.15) is 11.3 Å². The summed E-state index contributed by atoms with van der Waals surface area (Å²) in [6, 6.07) is 17.6. The maximum absolute atomic E-state index is 11.5. The molecule has 2 aromatic carbocycles. The van der Waals surface area contributed by atoms with Gasteiger partial charge in [-0.15, -0.1) is 0 Å². The third-order valence-corrected chi connectivity index (χ3v) is 6.14. The van der Waals surface area contributed by atoms with Crippen molar-refractivity contribution < 1.29 is 9.90 Å². The summed E-state index contributed by atoms with van der Waals surface area (Å²) in [5.74, 6) is -0.152. The van der Waals surface area contributed by atoms with Gasteiger partial charge in [-0.2, -0.15) is 0 Å². The number of fused-ring (bicyclic) bond motifs is 1. The Morgan fingerprint density at radius 2 is 1.81 bits per heavy atom. The fraction of sp³-hybridized carbons (Fsp3) is 0.269. The summed E-state index contributed by atoms with van der Waals surface area (Å²) in [5, 5.41) is 10.0. The van der Waals surface area contributed by atoms with Gasteiger partial charge in [-0.1, -0.05) is 61.0 Å². The lowest BCUT2D eigenvalue weighted by Gasteiger charge is -2.18. The first kappa shape index (κ1) is 22.0. The van der Waals surface area contributed by atoms with Crippen LogP contribution in [0.4, 0.5) is 0 Å². The summed E-state index contributed by atoms with van der Waals surface area (Å²) in [5.41, 5.74) is 6.83. The molecule has 0 fully saturated rings. The van der Waals surface area contributed by atoms with Crippen LogP contribution in [0.1, 0.15) is 53.0 Å². The highest BCUT2D eigenvalue weighted by atomic mass is 35.5. The van der Waals surface area contributed by atoms with Crippen molar-refractivity contribution in [2.75, 3.05) is 0 Å². The molecule has 0 saturated heterocycles. The monoisotopic (exact) mass is 447 g/mol. The highest BCUT2D eigenvalue weighted by Gasteiger charge is 2.20. The summed E-state index contributed by atoms with van der Waals surface area (Å²) < 4.78 is 2.17. The van der Waals surface area contributed by atoms with E-state index in [2.05, 4.69) is 36.6 Å². The van der Waals surface area contributed by atoms with E-state index in [1.165, 1.54) is 0 Å². The molecule has 5 nitrogen and oxygen atoms in total. The molecule has 2 heterocycles. The quantitative estimate of drug-likeness (QED) is 0.382. The van der Waals surface area contributed by atoms with Crippen molar-refractivity contribution in [1.29, 1.82) is 0 Å². The summed E-state index contributed by atoms with van der Waals surface area (Å²) >= 11 is 6.38. The molecule has 0 aliphatic rings. The third kappa shape index (κ3) is 4.39. The molecule has 0 radical (unpaired) electrons. The lowest BCUT2D eigenvalue weighted by Crippen LogP contribution is -2.09. The highest BCUT2D eigenvalue weighted by Crippen LogP contribution is 2.33. The Morgan fingerprint density at radius 1 is 1.09 bits per heavy atom. The minimum atomic E-state index is -0.853. The van der Waals surface area contributed by atoms with Gasteiger partial charge >= 0.3 is 5.97 Å². The number of carboxylic acids is 1. The number of pyridine rings is 1. The van der Waals surface area contributed by atoms with Gasteiger partial charge in [0.2, 0.25) is 0 Å². The summed E-state index contributed by atoms with van der Waals surface area (Å²) in [7, 11) is 0. The van der Waals surface area contributed by atoms with Gasteiger partial charge in [0.15, 0.2) is 5.65 Å². The van der Waals surface area contributed by atoms with Crippen molar-refractivity contribution in [1.82, 2.24) is 14.5 Å². The zero-order chi connectivity index (χ0) is 22.8. The largest absolute Gasteiger partial charge is 0.481 e. The van der Waals surface area contributed by atoms with Crippen LogP contribution in [0.15, 0.2) is 54.6 Å². The van der Waals surface area contributed by atoms with Gasteiger partial charge in [0, 0.05) is 23.1 Å². The lowest BCUT2D eigenvalue weighted by molar-refractivity contribution is -0.137. The summed E-state index contributed by atoms with van der Waals surface area (Å²) in [6.45, 7) is 6.83. The number of nitrogens with zero attached hydrogens (tertiary/aromatic N) is 3. The molecule has 0 saturated carbocycles. The van der Waals surface area contributed by atoms with E-state index in [4.69, 9.17) is 21.6 Å². The van der Waals surface area contributed by atoms with Crippen molar-refractivity contribution in [2.45, 2.75) is 46.1 Å². The number of imidazole rings is 1. The van der Waals surface area contributed by atoms with E-state index in [-0.39, 0.29) is 12.3 Å². The Hall–Kier alpha value is -3.18.